The summed E-state index contributed by atoms with van der Waals surface area (Å²) in [5.74, 6) is 1.35. The van der Waals surface area contributed by atoms with Gasteiger partial charge in [0.25, 0.3) is 0 Å². The molecule has 2 rings (SSSR count). The second-order valence-corrected chi connectivity index (χ2v) is 6.59. The van der Waals surface area contributed by atoms with Crippen molar-refractivity contribution in [3.05, 3.63) is 53.2 Å². The number of hydrogen-bond donors (Lipinski definition) is 3. The number of hydrogen-bond acceptors (Lipinski definition) is 5. The third-order valence-corrected chi connectivity index (χ3v) is 4.19. The lowest BCUT2D eigenvalue weighted by molar-refractivity contribution is 0.278. The summed E-state index contributed by atoms with van der Waals surface area (Å²) >= 11 is 0. The van der Waals surface area contributed by atoms with Gasteiger partial charge in [-0.25, -0.2) is 4.98 Å². The van der Waals surface area contributed by atoms with E-state index in [0.29, 0.717) is 12.4 Å². The number of nitrogens with two attached hydrogens (primary N) is 1. The molecule has 130 valence electrons. The van der Waals surface area contributed by atoms with Gasteiger partial charge in [0.1, 0.15) is 11.6 Å². The van der Waals surface area contributed by atoms with Gasteiger partial charge in [-0.3, -0.25) is 0 Å². The van der Waals surface area contributed by atoms with E-state index in [1.807, 2.05) is 18.2 Å². The molecule has 5 heteroatoms. The number of nitrogen functional groups attached to an aromatic ring is 1. The maximum absolute atomic E-state index is 9.41. The highest BCUT2D eigenvalue weighted by Crippen LogP contribution is 2.18. The molecule has 5 nitrogen and oxygen atoms in total. The van der Waals surface area contributed by atoms with E-state index in [2.05, 4.69) is 36.3 Å². The number of nitrogens with one attached hydrogen (secondary N) is 1. The zero-order valence-electron chi connectivity index (χ0n) is 14.7. The standard InChI is InChI=1S/C19H27N3O2/c1-19(2,11-10-14-4-7-16(24-3)8-5-14)21-12-17-15(13-23)6-9-18(20)22-17/h4-9,21,23H,10-13H2,1-3H3,(H2,20,22). The first-order valence-corrected chi connectivity index (χ1v) is 8.16. The number of aryl methyl sites for hydroxylation is 1. The summed E-state index contributed by atoms with van der Waals surface area (Å²) in [6, 6.07) is 11.7. The van der Waals surface area contributed by atoms with Gasteiger partial charge in [-0.05, 0) is 50.5 Å². The fourth-order valence-electron chi connectivity index (χ4n) is 2.50. The van der Waals surface area contributed by atoms with E-state index in [0.717, 1.165) is 29.8 Å². The number of rotatable bonds is 8. The van der Waals surface area contributed by atoms with Gasteiger partial charge in [0, 0.05) is 17.6 Å². The molecule has 2 aromatic rings. The molecule has 1 aromatic carbocycles. The zero-order chi connectivity index (χ0) is 17.6. The quantitative estimate of drug-likeness (QED) is 0.694. The number of aliphatic hydroxyl groups is 1. The van der Waals surface area contributed by atoms with Crippen molar-refractivity contribution in [2.75, 3.05) is 12.8 Å². The SMILES string of the molecule is COc1ccc(CCC(C)(C)NCc2nc(N)ccc2CO)cc1. The van der Waals surface area contributed by atoms with Crippen LogP contribution >= 0.6 is 0 Å². The third-order valence-electron chi connectivity index (χ3n) is 4.19. The molecular weight excluding hydrogens is 302 g/mol. The Morgan fingerprint density at radius 3 is 2.50 bits per heavy atom. The Balaban J connectivity index is 1.92. The Hall–Kier alpha value is -2.11. The van der Waals surface area contributed by atoms with Crippen LogP contribution in [0.4, 0.5) is 5.82 Å². The fraction of sp³-hybridized carbons (Fsp3) is 0.421. The highest BCUT2D eigenvalue weighted by molar-refractivity contribution is 5.34. The van der Waals surface area contributed by atoms with E-state index in [4.69, 9.17) is 10.5 Å². The van der Waals surface area contributed by atoms with Gasteiger partial charge < -0.3 is 20.9 Å². The van der Waals surface area contributed by atoms with Crippen LogP contribution in [-0.4, -0.2) is 22.7 Å². The minimum Gasteiger partial charge on any atom is -0.497 e. The first-order valence-electron chi connectivity index (χ1n) is 8.16. The molecule has 0 atom stereocenters. The maximum atomic E-state index is 9.41. The molecule has 0 fully saturated rings. The highest BCUT2D eigenvalue weighted by atomic mass is 16.5. The van der Waals surface area contributed by atoms with E-state index in [9.17, 15) is 5.11 Å². The number of aliphatic hydroxyl groups excluding tert-OH is 1. The number of pyridine rings is 1. The Kier molecular flexibility index (Phi) is 6.17. The molecule has 1 aromatic heterocycles. The average Bonchev–Trinajstić information content (AvgIpc) is 2.59. The van der Waals surface area contributed by atoms with Gasteiger partial charge in [-0.1, -0.05) is 18.2 Å². The van der Waals surface area contributed by atoms with Crippen molar-refractivity contribution >= 4 is 5.82 Å². The number of aromatic nitrogens is 1. The van der Waals surface area contributed by atoms with Crippen molar-refractivity contribution in [1.29, 1.82) is 0 Å². The molecule has 0 radical (unpaired) electrons. The molecule has 1 heterocycles. The van der Waals surface area contributed by atoms with E-state index >= 15 is 0 Å². The largest absolute Gasteiger partial charge is 0.497 e. The Bertz CT molecular complexity index is 654. The van der Waals surface area contributed by atoms with Gasteiger partial charge >= 0.3 is 0 Å². The predicted molar refractivity (Wildman–Crippen MR) is 96.8 cm³/mol. The fourth-order valence-corrected chi connectivity index (χ4v) is 2.50. The zero-order valence-corrected chi connectivity index (χ0v) is 14.7. The van der Waals surface area contributed by atoms with Crippen molar-refractivity contribution in [1.82, 2.24) is 10.3 Å². The van der Waals surface area contributed by atoms with Crippen LogP contribution in [0.5, 0.6) is 5.75 Å². The van der Waals surface area contributed by atoms with Crippen LogP contribution in [0.3, 0.4) is 0 Å². The molecule has 0 aliphatic heterocycles. The summed E-state index contributed by atoms with van der Waals surface area (Å²) in [7, 11) is 1.67. The number of benzene rings is 1. The van der Waals surface area contributed by atoms with Crippen molar-refractivity contribution < 1.29 is 9.84 Å². The molecule has 24 heavy (non-hydrogen) atoms. The van der Waals surface area contributed by atoms with Crippen LogP contribution < -0.4 is 15.8 Å². The van der Waals surface area contributed by atoms with Crippen LogP contribution in [-0.2, 0) is 19.6 Å². The first-order chi connectivity index (χ1) is 11.4. The molecule has 0 spiro atoms. The van der Waals surface area contributed by atoms with Gasteiger partial charge in [-0.2, -0.15) is 0 Å². The molecular formula is C19H27N3O2. The van der Waals surface area contributed by atoms with Crippen LogP contribution in [0.25, 0.3) is 0 Å². The average molecular weight is 329 g/mol. The molecule has 0 bridgehead atoms. The smallest absolute Gasteiger partial charge is 0.123 e. The molecule has 0 amide bonds. The van der Waals surface area contributed by atoms with E-state index < -0.39 is 0 Å². The van der Waals surface area contributed by atoms with Crippen molar-refractivity contribution in [2.45, 2.75) is 45.4 Å². The van der Waals surface area contributed by atoms with Crippen LogP contribution in [0, 0.1) is 0 Å². The minimum absolute atomic E-state index is 0.0312. The second-order valence-electron chi connectivity index (χ2n) is 6.59. The molecule has 0 saturated heterocycles. The van der Waals surface area contributed by atoms with Gasteiger partial charge in [0.2, 0.25) is 0 Å². The second kappa shape index (κ2) is 8.13. The molecule has 0 unspecified atom stereocenters. The summed E-state index contributed by atoms with van der Waals surface area (Å²) < 4.78 is 5.18. The normalized spacial score (nSPS) is 11.5. The summed E-state index contributed by atoms with van der Waals surface area (Å²) in [6.07, 6.45) is 1.96. The Labute approximate surface area is 143 Å². The summed E-state index contributed by atoms with van der Waals surface area (Å²) in [5.41, 5.74) is 8.58. The monoisotopic (exact) mass is 329 g/mol. The van der Waals surface area contributed by atoms with Crippen molar-refractivity contribution in [3.63, 3.8) is 0 Å². The van der Waals surface area contributed by atoms with Crippen LogP contribution in [0.15, 0.2) is 36.4 Å². The highest BCUT2D eigenvalue weighted by Gasteiger charge is 2.18. The molecule has 0 aliphatic rings. The summed E-state index contributed by atoms with van der Waals surface area (Å²) in [5, 5.41) is 12.9. The van der Waals surface area contributed by atoms with Crippen molar-refractivity contribution in [3.8, 4) is 5.75 Å². The van der Waals surface area contributed by atoms with Gasteiger partial charge in [-0.15, -0.1) is 0 Å². The Morgan fingerprint density at radius 1 is 1.17 bits per heavy atom. The number of anilines is 1. The lowest BCUT2D eigenvalue weighted by atomic mass is 9.95. The predicted octanol–water partition coefficient (Wildman–Crippen LogP) is 2.67. The van der Waals surface area contributed by atoms with Crippen LogP contribution in [0.2, 0.25) is 0 Å². The number of nitrogens with zero attached hydrogens (tertiary/aromatic N) is 1. The topological polar surface area (TPSA) is 80.4 Å². The van der Waals surface area contributed by atoms with E-state index in [1.165, 1.54) is 5.56 Å². The summed E-state index contributed by atoms with van der Waals surface area (Å²) in [4.78, 5) is 4.33. The summed E-state index contributed by atoms with van der Waals surface area (Å²) in [6.45, 7) is 4.88. The molecule has 4 N–H and O–H groups in total. The lowest BCUT2D eigenvalue weighted by Gasteiger charge is -2.27. The molecule has 0 aliphatic carbocycles. The maximum Gasteiger partial charge on any atom is 0.123 e. The van der Waals surface area contributed by atoms with E-state index in [1.54, 1.807) is 13.2 Å². The van der Waals surface area contributed by atoms with Crippen molar-refractivity contribution in [2.24, 2.45) is 0 Å². The van der Waals surface area contributed by atoms with Crippen LogP contribution in [0.1, 0.15) is 37.1 Å². The number of methoxy groups -OCH3 is 1. The van der Waals surface area contributed by atoms with Gasteiger partial charge in [0.15, 0.2) is 0 Å². The number of ether oxygens (including phenoxy) is 1. The van der Waals surface area contributed by atoms with Gasteiger partial charge in [0.05, 0.1) is 19.4 Å². The minimum atomic E-state index is -0.0566. The first kappa shape index (κ1) is 18.2. The lowest BCUT2D eigenvalue weighted by Crippen LogP contribution is -2.39. The molecule has 0 saturated carbocycles. The Morgan fingerprint density at radius 2 is 1.88 bits per heavy atom. The van der Waals surface area contributed by atoms with E-state index in [-0.39, 0.29) is 12.1 Å². The third kappa shape index (κ3) is 5.22.